The van der Waals surface area contributed by atoms with Crippen molar-refractivity contribution in [2.45, 2.75) is 24.6 Å². The summed E-state index contributed by atoms with van der Waals surface area (Å²) in [6.45, 7) is 0. The lowest BCUT2D eigenvalue weighted by atomic mass is 9.84. The molecule has 4 nitrogen and oxygen atoms in total. The van der Waals surface area contributed by atoms with Crippen LogP contribution in [0.3, 0.4) is 0 Å². The van der Waals surface area contributed by atoms with Crippen LogP contribution in [-0.4, -0.2) is 27.0 Å². The highest BCUT2D eigenvalue weighted by molar-refractivity contribution is 4.98. The number of nitrogens with two attached hydrogens (primary N) is 1. The van der Waals surface area contributed by atoms with Crippen LogP contribution in [0.5, 0.6) is 0 Å². The number of aliphatic hydroxyl groups excluding tert-OH is 1. The van der Waals surface area contributed by atoms with E-state index in [9.17, 15) is 5.11 Å². The number of hydrogen-bond donors (Lipinski definition) is 2. The fourth-order valence-corrected chi connectivity index (χ4v) is 1.48. The second kappa shape index (κ2) is 2.32. The Morgan fingerprint density at radius 2 is 2.45 bits per heavy atom. The number of nitrogens with zero attached hydrogens (tertiary/aromatic N) is 2. The minimum atomic E-state index is -0.315. The van der Waals surface area contributed by atoms with E-state index in [0.29, 0.717) is 6.42 Å². The van der Waals surface area contributed by atoms with Crippen molar-refractivity contribution in [3.63, 3.8) is 0 Å². The molecule has 0 spiro atoms. The molecule has 1 aliphatic carbocycles. The quantitative estimate of drug-likeness (QED) is 0.572. The first-order valence-electron chi connectivity index (χ1n) is 3.72. The highest BCUT2D eigenvalue weighted by Crippen LogP contribution is 2.29. The van der Waals surface area contributed by atoms with Crippen molar-refractivity contribution in [1.29, 1.82) is 0 Å². The van der Waals surface area contributed by atoms with Crippen LogP contribution in [0.4, 0.5) is 0 Å². The fourth-order valence-electron chi connectivity index (χ4n) is 1.48. The summed E-state index contributed by atoms with van der Waals surface area (Å²) in [7, 11) is 0. The molecule has 0 amide bonds. The van der Waals surface area contributed by atoms with Gasteiger partial charge in [-0.2, -0.15) is 5.10 Å². The lowest BCUT2D eigenvalue weighted by molar-refractivity contribution is 0.00636. The van der Waals surface area contributed by atoms with Crippen molar-refractivity contribution >= 4 is 0 Å². The molecule has 60 valence electrons. The van der Waals surface area contributed by atoms with Crippen LogP contribution in [0.25, 0.3) is 0 Å². The molecule has 1 aromatic rings. The number of aromatic nitrogens is 2. The van der Waals surface area contributed by atoms with E-state index in [1.165, 1.54) is 0 Å². The first-order valence-corrected chi connectivity index (χ1v) is 3.72. The molecule has 0 bridgehead atoms. The molecular formula is C7H11N3O. The van der Waals surface area contributed by atoms with Gasteiger partial charge in [0.2, 0.25) is 0 Å². The van der Waals surface area contributed by atoms with Crippen LogP contribution in [0, 0.1) is 0 Å². The molecule has 1 saturated carbocycles. The van der Waals surface area contributed by atoms with Gasteiger partial charge < -0.3 is 10.8 Å². The van der Waals surface area contributed by atoms with Crippen molar-refractivity contribution in [2.75, 3.05) is 0 Å². The normalized spacial score (nSPS) is 36.7. The summed E-state index contributed by atoms with van der Waals surface area (Å²) in [5.74, 6) is 0. The van der Waals surface area contributed by atoms with Gasteiger partial charge in [0.1, 0.15) is 0 Å². The Kier molecular flexibility index (Phi) is 1.44. The van der Waals surface area contributed by atoms with Crippen LogP contribution in [0.15, 0.2) is 18.5 Å². The number of hydrogen-bond acceptors (Lipinski definition) is 3. The standard InChI is InChI=1S/C7H11N3O/c8-5-4-6(11)7(5)10-3-1-2-9-10/h1-3,5-7,11H,4,8H2/t5-,6-,7-/m1/s1. The summed E-state index contributed by atoms with van der Waals surface area (Å²) in [4.78, 5) is 0. The monoisotopic (exact) mass is 153 g/mol. The Morgan fingerprint density at radius 1 is 1.64 bits per heavy atom. The van der Waals surface area contributed by atoms with Crippen molar-refractivity contribution in [3.05, 3.63) is 18.5 Å². The molecule has 0 saturated heterocycles. The maximum atomic E-state index is 9.31. The summed E-state index contributed by atoms with van der Waals surface area (Å²) in [6.07, 6.45) is 3.89. The van der Waals surface area contributed by atoms with Gasteiger partial charge in [-0.3, -0.25) is 4.68 Å². The first-order chi connectivity index (χ1) is 5.29. The Bertz CT molecular complexity index is 226. The maximum Gasteiger partial charge on any atom is 0.0929 e. The van der Waals surface area contributed by atoms with E-state index in [4.69, 9.17) is 5.73 Å². The van der Waals surface area contributed by atoms with Crippen LogP contribution >= 0.6 is 0 Å². The number of aliphatic hydroxyl groups is 1. The molecule has 4 heteroatoms. The third-order valence-corrected chi connectivity index (χ3v) is 2.18. The summed E-state index contributed by atoms with van der Waals surface area (Å²) >= 11 is 0. The molecule has 1 heterocycles. The summed E-state index contributed by atoms with van der Waals surface area (Å²) in [5, 5.41) is 13.3. The second-order valence-electron chi connectivity index (χ2n) is 2.94. The Morgan fingerprint density at radius 3 is 2.91 bits per heavy atom. The lowest BCUT2D eigenvalue weighted by Gasteiger charge is -2.38. The topological polar surface area (TPSA) is 64.1 Å². The first kappa shape index (κ1) is 6.82. The second-order valence-corrected chi connectivity index (χ2v) is 2.94. The molecule has 0 unspecified atom stereocenters. The van der Waals surface area contributed by atoms with E-state index in [0.717, 1.165) is 0 Å². The summed E-state index contributed by atoms with van der Waals surface area (Å²) in [6, 6.07) is 1.88. The van der Waals surface area contributed by atoms with Gasteiger partial charge in [-0.1, -0.05) is 0 Å². The maximum absolute atomic E-state index is 9.31. The van der Waals surface area contributed by atoms with Gasteiger partial charge in [0.25, 0.3) is 0 Å². The van der Waals surface area contributed by atoms with Crippen molar-refractivity contribution in [1.82, 2.24) is 9.78 Å². The highest BCUT2D eigenvalue weighted by atomic mass is 16.3. The Labute approximate surface area is 64.6 Å². The van der Waals surface area contributed by atoms with Crippen molar-refractivity contribution in [2.24, 2.45) is 5.73 Å². The van der Waals surface area contributed by atoms with Crippen LogP contribution < -0.4 is 5.73 Å². The molecule has 1 fully saturated rings. The SMILES string of the molecule is N[C@@H]1C[C@@H](O)[C@@H]1n1cccn1. The molecule has 3 atom stereocenters. The van der Waals surface area contributed by atoms with Crippen molar-refractivity contribution in [3.8, 4) is 0 Å². The van der Waals surface area contributed by atoms with Crippen LogP contribution in [0.1, 0.15) is 12.5 Å². The zero-order valence-electron chi connectivity index (χ0n) is 6.09. The fraction of sp³-hybridized carbons (Fsp3) is 0.571. The smallest absolute Gasteiger partial charge is 0.0929 e. The average Bonchev–Trinajstić information content (AvgIpc) is 2.39. The van der Waals surface area contributed by atoms with Gasteiger partial charge in [0, 0.05) is 18.4 Å². The van der Waals surface area contributed by atoms with E-state index in [1.807, 2.05) is 12.3 Å². The number of rotatable bonds is 1. The van der Waals surface area contributed by atoms with E-state index in [-0.39, 0.29) is 18.2 Å². The van der Waals surface area contributed by atoms with Crippen LogP contribution in [0.2, 0.25) is 0 Å². The van der Waals surface area contributed by atoms with Gasteiger partial charge in [0.15, 0.2) is 0 Å². The Hall–Kier alpha value is -0.870. The largest absolute Gasteiger partial charge is 0.391 e. The highest BCUT2D eigenvalue weighted by Gasteiger charge is 2.38. The van der Waals surface area contributed by atoms with Gasteiger partial charge in [-0.15, -0.1) is 0 Å². The predicted octanol–water partition coefficient (Wildman–Crippen LogP) is -0.484. The van der Waals surface area contributed by atoms with E-state index in [2.05, 4.69) is 5.10 Å². The molecule has 0 radical (unpaired) electrons. The molecule has 1 aliphatic rings. The van der Waals surface area contributed by atoms with E-state index >= 15 is 0 Å². The minimum absolute atomic E-state index is 0.00926. The Balaban J connectivity index is 2.17. The summed E-state index contributed by atoms with van der Waals surface area (Å²) in [5.41, 5.74) is 5.68. The molecule has 0 aliphatic heterocycles. The molecular weight excluding hydrogens is 142 g/mol. The van der Waals surface area contributed by atoms with Gasteiger partial charge in [-0.25, -0.2) is 0 Å². The average molecular weight is 153 g/mol. The molecule has 1 aromatic heterocycles. The molecule has 0 aromatic carbocycles. The molecule has 11 heavy (non-hydrogen) atoms. The van der Waals surface area contributed by atoms with E-state index in [1.54, 1.807) is 10.9 Å². The zero-order chi connectivity index (χ0) is 7.84. The van der Waals surface area contributed by atoms with Gasteiger partial charge in [-0.05, 0) is 12.5 Å². The van der Waals surface area contributed by atoms with Crippen molar-refractivity contribution < 1.29 is 5.11 Å². The predicted molar refractivity (Wildman–Crippen MR) is 39.9 cm³/mol. The zero-order valence-corrected chi connectivity index (χ0v) is 6.09. The van der Waals surface area contributed by atoms with Crippen LogP contribution in [-0.2, 0) is 0 Å². The van der Waals surface area contributed by atoms with E-state index < -0.39 is 0 Å². The molecule has 2 rings (SSSR count). The van der Waals surface area contributed by atoms with Gasteiger partial charge in [0.05, 0.1) is 12.1 Å². The lowest BCUT2D eigenvalue weighted by Crippen LogP contribution is -2.52. The molecule has 3 N–H and O–H groups in total. The summed E-state index contributed by atoms with van der Waals surface area (Å²) < 4.78 is 1.72. The third-order valence-electron chi connectivity index (χ3n) is 2.18. The van der Waals surface area contributed by atoms with Gasteiger partial charge >= 0.3 is 0 Å². The minimum Gasteiger partial charge on any atom is -0.391 e. The third kappa shape index (κ3) is 0.948.